The molecule has 2 unspecified atom stereocenters. The van der Waals surface area contributed by atoms with Crippen LogP contribution in [0.2, 0.25) is 0 Å². The number of rotatable bonds is 1. The van der Waals surface area contributed by atoms with E-state index in [0.717, 1.165) is 0 Å². The van der Waals surface area contributed by atoms with Crippen LogP contribution in [0.3, 0.4) is 0 Å². The van der Waals surface area contributed by atoms with Gasteiger partial charge >= 0.3 is 0 Å². The lowest BCUT2D eigenvalue weighted by Gasteiger charge is -2.05. The molecule has 14 heavy (non-hydrogen) atoms. The van der Waals surface area contributed by atoms with Gasteiger partial charge in [-0.2, -0.15) is 0 Å². The van der Waals surface area contributed by atoms with E-state index in [1.54, 1.807) is 12.1 Å². The van der Waals surface area contributed by atoms with E-state index < -0.39 is 5.82 Å². The van der Waals surface area contributed by atoms with Crippen LogP contribution in [-0.2, 0) is 0 Å². The predicted octanol–water partition coefficient (Wildman–Crippen LogP) is 1.98. The number of aromatic hydroxyl groups is 1. The first kappa shape index (κ1) is 9.46. The third-order valence-corrected chi connectivity index (χ3v) is 3.26. The molecule has 2 nitrogen and oxygen atoms in total. The Morgan fingerprint density at radius 2 is 2.00 bits per heavy atom. The second-order valence-electron chi connectivity index (χ2n) is 4.50. The van der Waals surface area contributed by atoms with Crippen molar-refractivity contribution in [2.75, 3.05) is 0 Å². The van der Waals surface area contributed by atoms with Crippen molar-refractivity contribution in [3.8, 4) is 5.75 Å². The van der Waals surface area contributed by atoms with Gasteiger partial charge in [0.05, 0.1) is 0 Å². The normalized spacial score (nSPS) is 28.9. The summed E-state index contributed by atoms with van der Waals surface area (Å²) in [6.07, 6.45) is 0. The van der Waals surface area contributed by atoms with Gasteiger partial charge < -0.3 is 10.8 Å². The van der Waals surface area contributed by atoms with E-state index in [9.17, 15) is 9.50 Å². The van der Waals surface area contributed by atoms with Gasteiger partial charge in [-0.15, -0.1) is 0 Å². The summed E-state index contributed by atoms with van der Waals surface area (Å²) in [7, 11) is 0. The SMILES string of the molecule is CC1(C)C(N)C1c1cccc(F)c1O. The molecule has 3 heteroatoms. The molecule has 1 aromatic carbocycles. The summed E-state index contributed by atoms with van der Waals surface area (Å²) >= 11 is 0. The first-order chi connectivity index (χ1) is 6.46. The van der Waals surface area contributed by atoms with E-state index in [-0.39, 0.29) is 23.1 Å². The average Bonchev–Trinajstić information content (AvgIpc) is 2.59. The second kappa shape index (κ2) is 2.70. The third kappa shape index (κ3) is 1.12. The summed E-state index contributed by atoms with van der Waals surface area (Å²) in [5.41, 5.74) is 6.45. The number of benzene rings is 1. The minimum Gasteiger partial charge on any atom is -0.505 e. The molecule has 2 rings (SSSR count). The summed E-state index contributed by atoms with van der Waals surface area (Å²) in [6.45, 7) is 4.04. The highest BCUT2D eigenvalue weighted by Crippen LogP contribution is 2.59. The van der Waals surface area contributed by atoms with Gasteiger partial charge in [-0.1, -0.05) is 26.0 Å². The Balaban J connectivity index is 2.40. The molecular formula is C11H14FNO. The summed E-state index contributed by atoms with van der Waals surface area (Å²) < 4.78 is 13.1. The van der Waals surface area contributed by atoms with Crippen molar-refractivity contribution in [2.24, 2.45) is 11.1 Å². The molecule has 2 atom stereocenters. The van der Waals surface area contributed by atoms with Gasteiger partial charge in [-0.05, 0) is 11.5 Å². The van der Waals surface area contributed by atoms with Crippen LogP contribution in [0.25, 0.3) is 0 Å². The van der Waals surface area contributed by atoms with Crippen molar-refractivity contribution in [1.82, 2.24) is 0 Å². The fourth-order valence-corrected chi connectivity index (χ4v) is 2.05. The summed E-state index contributed by atoms with van der Waals surface area (Å²) in [5.74, 6) is -0.755. The van der Waals surface area contributed by atoms with Crippen LogP contribution in [0.5, 0.6) is 5.75 Å². The van der Waals surface area contributed by atoms with Gasteiger partial charge in [0.15, 0.2) is 11.6 Å². The number of halogens is 1. The highest BCUT2D eigenvalue weighted by molar-refractivity contribution is 5.43. The minimum absolute atomic E-state index is 0.00944. The molecule has 0 aromatic heterocycles. The summed E-state index contributed by atoms with van der Waals surface area (Å²) in [5, 5.41) is 9.53. The Bertz CT molecular complexity index is 376. The first-order valence-electron chi connectivity index (χ1n) is 4.69. The molecule has 1 saturated carbocycles. The van der Waals surface area contributed by atoms with E-state index in [4.69, 9.17) is 5.73 Å². The highest BCUT2D eigenvalue weighted by atomic mass is 19.1. The number of phenolic OH excluding ortho intramolecular Hbond substituents is 1. The number of nitrogens with two attached hydrogens (primary N) is 1. The fourth-order valence-electron chi connectivity index (χ4n) is 2.05. The molecule has 0 spiro atoms. The molecule has 1 aliphatic rings. The second-order valence-corrected chi connectivity index (χ2v) is 4.50. The van der Waals surface area contributed by atoms with E-state index in [0.29, 0.717) is 5.56 Å². The molecule has 0 radical (unpaired) electrons. The van der Waals surface area contributed by atoms with Crippen molar-refractivity contribution in [1.29, 1.82) is 0 Å². The van der Waals surface area contributed by atoms with Crippen molar-refractivity contribution in [2.45, 2.75) is 25.8 Å². The highest BCUT2D eigenvalue weighted by Gasteiger charge is 2.57. The lowest BCUT2D eigenvalue weighted by molar-refractivity contribution is 0.423. The topological polar surface area (TPSA) is 46.2 Å². The number of phenols is 1. The van der Waals surface area contributed by atoms with Crippen LogP contribution in [0.1, 0.15) is 25.3 Å². The molecular weight excluding hydrogens is 181 g/mol. The summed E-state index contributed by atoms with van der Waals surface area (Å²) in [6, 6.07) is 4.60. The summed E-state index contributed by atoms with van der Waals surface area (Å²) in [4.78, 5) is 0. The van der Waals surface area contributed by atoms with Crippen LogP contribution in [0, 0.1) is 11.2 Å². The van der Waals surface area contributed by atoms with Gasteiger partial charge in [0.2, 0.25) is 0 Å². The Hall–Kier alpha value is -1.09. The largest absolute Gasteiger partial charge is 0.505 e. The smallest absolute Gasteiger partial charge is 0.165 e. The molecule has 0 aliphatic heterocycles. The van der Waals surface area contributed by atoms with E-state index in [1.807, 2.05) is 13.8 Å². The first-order valence-corrected chi connectivity index (χ1v) is 4.69. The Kier molecular flexibility index (Phi) is 1.83. The lowest BCUT2D eigenvalue weighted by Crippen LogP contribution is -2.06. The van der Waals surface area contributed by atoms with Gasteiger partial charge in [-0.25, -0.2) is 4.39 Å². The van der Waals surface area contributed by atoms with Crippen LogP contribution in [-0.4, -0.2) is 11.1 Å². The van der Waals surface area contributed by atoms with Crippen molar-refractivity contribution in [3.63, 3.8) is 0 Å². The maximum atomic E-state index is 13.1. The molecule has 0 heterocycles. The standard InChI is InChI=1S/C11H14FNO/c1-11(2)8(10(11)13)6-4-3-5-7(12)9(6)14/h3-5,8,10,14H,13H2,1-2H3. The van der Waals surface area contributed by atoms with Crippen LogP contribution >= 0.6 is 0 Å². The molecule has 1 fully saturated rings. The Morgan fingerprint density at radius 1 is 1.43 bits per heavy atom. The van der Waals surface area contributed by atoms with Crippen molar-refractivity contribution in [3.05, 3.63) is 29.6 Å². The van der Waals surface area contributed by atoms with Gasteiger partial charge in [0.1, 0.15) is 0 Å². The minimum atomic E-state index is -0.572. The zero-order chi connectivity index (χ0) is 10.5. The van der Waals surface area contributed by atoms with Crippen LogP contribution in [0.4, 0.5) is 4.39 Å². The van der Waals surface area contributed by atoms with Crippen LogP contribution in [0.15, 0.2) is 18.2 Å². The van der Waals surface area contributed by atoms with Gasteiger partial charge in [0.25, 0.3) is 0 Å². The number of para-hydroxylation sites is 1. The quantitative estimate of drug-likeness (QED) is 0.719. The zero-order valence-electron chi connectivity index (χ0n) is 8.29. The van der Waals surface area contributed by atoms with E-state index in [1.165, 1.54) is 6.07 Å². The van der Waals surface area contributed by atoms with Gasteiger partial charge in [-0.3, -0.25) is 0 Å². The Morgan fingerprint density at radius 3 is 2.50 bits per heavy atom. The molecule has 3 N–H and O–H groups in total. The van der Waals surface area contributed by atoms with E-state index >= 15 is 0 Å². The fraction of sp³-hybridized carbons (Fsp3) is 0.455. The van der Waals surface area contributed by atoms with Gasteiger partial charge in [0, 0.05) is 17.5 Å². The van der Waals surface area contributed by atoms with E-state index in [2.05, 4.69) is 0 Å². The number of hydrogen-bond donors (Lipinski definition) is 2. The molecule has 0 bridgehead atoms. The van der Waals surface area contributed by atoms with Crippen molar-refractivity contribution < 1.29 is 9.50 Å². The molecule has 0 saturated heterocycles. The molecule has 1 aliphatic carbocycles. The monoisotopic (exact) mass is 195 g/mol. The number of hydrogen-bond acceptors (Lipinski definition) is 2. The third-order valence-electron chi connectivity index (χ3n) is 3.26. The van der Waals surface area contributed by atoms with Crippen LogP contribution < -0.4 is 5.73 Å². The molecule has 76 valence electrons. The van der Waals surface area contributed by atoms with Crippen molar-refractivity contribution >= 4 is 0 Å². The Labute approximate surface area is 82.5 Å². The maximum absolute atomic E-state index is 13.1. The predicted molar refractivity (Wildman–Crippen MR) is 52.6 cm³/mol. The average molecular weight is 195 g/mol. The lowest BCUT2D eigenvalue weighted by atomic mass is 10.0. The maximum Gasteiger partial charge on any atom is 0.165 e. The molecule has 1 aromatic rings. The zero-order valence-corrected chi connectivity index (χ0v) is 8.29. The molecule has 0 amide bonds.